The summed E-state index contributed by atoms with van der Waals surface area (Å²) in [6.45, 7) is 0. The lowest BCUT2D eigenvalue weighted by Crippen LogP contribution is -2.74. The van der Waals surface area contributed by atoms with Crippen molar-refractivity contribution in [3.63, 3.8) is 0 Å². The van der Waals surface area contributed by atoms with Crippen LogP contribution >= 0.6 is 0 Å². The van der Waals surface area contributed by atoms with Crippen LogP contribution in [0.15, 0.2) is 28.7 Å². The van der Waals surface area contributed by atoms with E-state index in [0.717, 1.165) is 43.2 Å². The Morgan fingerprint density at radius 2 is 2.00 bits per heavy atom. The summed E-state index contributed by atoms with van der Waals surface area (Å²) in [6.07, 6.45) is 8.46. The number of anilines is 1. The molecule has 3 aliphatic rings. The Morgan fingerprint density at radius 3 is 2.85 bits per heavy atom. The maximum absolute atomic E-state index is 12.8. The number of rotatable bonds is 2. The van der Waals surface area contributed by atoms with Gasteiger partial charge in [0.15, 0.2) is 5.58 Å². The first kappa shape index (κ1) is 16.3. The molecule has 2 aliphatic carbocycles. The molecule has 138 valence electrons. The van der Waals surface area contributed by atoms with Crippen molar-refractivity contribution in [3.05, 3.63) is 24.3 Å². The smallest absolute Gasteiger partial charge is 0.297 e. The van der Waals surface area contributed by atoms with Crippen molar-refractivity contribution in [2.24, 2.45) is 5.92 Å². The van der Waals surface area contributed by atoms with Crippen LogP contribution in [-0.2, 0) is 4.79 Å². The SMILES string of the molecule is O=C1CCC[C@H]2N[C@@H](Nc3nc4ccccc4o3)NC3(CCCCC3)[C@H]12. The molecule has 1 aliphatic heterocycles. The second kappa shape index (κ2) is 6.35. The van der Waals surface area contributed by atoms with Crippen LogP contribution in [0.1, 0.15) is 51.4 Å². The molecule has 26 heavy (non-hydrogen) atoms. The monoisotopic (exact) mass is 354 g/mol. The van der Waals surface area contributed by atoms with Crippen LogP contribution in [0.3, 0.4) is 0 Å². The summed E-state index contributed by atoms with van der Waals surface area (Å²) in [7, 11) is 0. The molecular weight excluding hydrogens is 328 g/mol. The normalized spacial score (nSPS) is 31.1. The molecule has 0 radical (unpaired) electrons. The third kappa shape index (κ3) is 2.72. The number of aromatic nitrogens is 1. The van der Waals surface area contributed by atoms with Gasteiger partial charge in [-0.3, -0.25) is 15.4 Å². The summed E-state index contributed by atoms with van der Waals surface area (Å²) in [6, 6.07) is 8.53. The summed E-state index contributed by atoms with van der Waals surface area (Å²) >= 11 is 0. The van der Waals surface area contributed by atoms with Gasteiger partial charge < -0.3 is 9.73 Å². The Labute approximate surface area is 153 Å². The number of Topliss-reactive ketones (excluding diaryl/α,β-unsaturated/α-hetero) is 1. The summed E-state index contributed by atoms with van der Waals surface area (Å²) < 4.78 is 5.83. The van der Waals surface area contributed by atoms with Gasteiger partial charge in [-0.25, -0.2) is 0 Å². The fraction of sp³-hybridized carbons (Fsp3) is 0.600. The summed E-state index contributed by atoms with van der Waals surface area (Å²) in [5.41, 5.74) is 1.54. The van der Waals surface area contributed by atoms with E-state index in [1.807, 2.05) is 24.3 Å². The highest BCUT2D eigenvalue weighted by molar-refractivity contribution is 5.84. The van der Waals surface area contributed by atoms with Crippen molar-refractivity contribution in [2.75, 3.05) is 5.32 Å². The van der Waals surface area contributed by atoms with Gasteiger partial charge in [-0.05, 0) is 37.8 Å². The van der Waals surface area contributed by atoms with E-state index in [2.05, 4.69) is 20.9 Å². The van der Waals surface area contributed by atoms with E-state index in [-0.39, 0.29) is 23.8 Å². The lowest BCUT2D eigenvalue weighted by atomic mass is 9.64. The number of nitrogens with zero attached hydrogens (tertiary/aromatic N) is 1. The van der Waals surface area contributed by atoms with Crippen LogP contribution in [-0.4, -0.2) is 28.6 Å². The average molecular weight is 354 g/mol. The van der Waals surface area contributed by atoms with Crippen LogP contribution in [0.25, 0.3) is 11.1 Å². The number of carbonyl (C=O) groups is 1. The second-order valence-corrected chi connectivity index (χ2v) is 8.03. The second-order valence-electron chi connectivity index (χ2n) is 8.03. The number of hydrogen-bond donors (Lipinski definition) is 3. The minimum absolute atomic E-state index is 0.0879. The molecule has 6 heteroatoms. The van der Waals surface area contributed by atoms with Gasteiger partial charge >= 0.3 is 0 Å². The summed E-state index contributed by atoms with van der Waals surface area (Å²) in [5.74, 6) is 0.529. The molecule has 2 aromatic rings. The molecule has 1 aromatic heterocycles. The fourth-order valence-electron chi connectivity index (χ4n) is 5.32. The predicted molar refractivity (Wildman–Crippen MR) is 99.6 cm³/mol. The van der Waals surface area contributed by atoms with Gasteiger partial charge in [-0.2, -0.15) is 4.98 Å². The number of benzene rings is 1. The molecule has 5 rings (SSSR count). The molecular formula is C20H26N4O2. The van der Waals surface area contributed by atoms with E-state index in [9.17, 15) is 4.79 Å². The molecule has 0 bridgehead atoms. The Kier molecular flexibility index (Phi) is 3.98. The van der Waals surface area contributed by atoms with Crippen LogP contribution in [0.5, 0.6) is 0 Å². The lowest BCUT2D eigenvalue weighted by molar-refractivity contribution is -0.132. The number of hydrogen-bond acceptors (Lipinski definition) is 6. The van der Waals surface area contributed by atoms with Gasteiger partial charge in [0.1, 0.15) is 17.6 Å². The molecule has 2 saturated carbocycles. The Morgan fingerprint density at radius 1 is 1.15 bits per heavy atom. The number of fused-ring (bicyclic) bond motifs is 3. The number of oxazole rings is 1. The number of para-hydroxylation sites is 2. The maximum atomic E-state index is 12.8. The molecule has 3 fully saturated rings. The molecule has 0 amide bonds. The van der Waals surface area contributed by atoms with Crippen molar-refractivity contribution in [1.82, 2.24) is 15.6 Å². The van der Waals surface area contributed by atoms with E-state index in [1.54, 1.807) is 0 Å². The topological polar surface area (TPSA) is 79.2 Å². The number of ketones is 1. The third-order valence-corrected chi connectivity index (χ3v) is 6.40. The van der Waals surface area contributed by atoms with Gasteiger partial charge in [0, 0.05) is 18.0 Å². The minimum Gasteiger partial charge on any atom is -0.424 e. The fourth-order valence-corrected chi connectivity index (χ4v) is 5.32. The van der Waals surface area contributed by atoms with Crippen molar-refractivity contribution in [3.8, 4) is 0 Å². The van der Waals surface area contributed by atoms with E-state index in [1.165, 1.54) is 19.3 Å². The molecule has 3 atom stereocenters. The zero-order chi connectivity index (χ0) is 17.6. The van der Waals surface area contributed by atoms with Crippen molar-refractivity contribution in [2.45, 2.75) is 69.2 Å². The van der Waals surface area contributed by atoms with E-state index in [0.29, 0.717) is 11.8 Å². The standard InChI is InChI=1S/C20H26N4O2/c25-15-9-6-8-14-17(15)20(11-4-1-5-12-20)24-18(21-14)23-19-22-13-7-2-3-10-16(13)26-19/h2-3,7,10,14,17-18,21,24H,1,4-6,8-9,11-12H2,(H,22,23)/t14-,17+,18+/m1/s1. The number of nitrogens with one attached hydrogen (secondary N) is 3. The van der Waals surface area contributed by atoms with E-state index < -0.39 is 0 Å². The molecule has 2 heterocycles. The van der Waals surface area contributed by atoms with Gasteiger partial charge in [0.25, 0.3) is 6.01 Å². The van der Waals surface area contributed by atoms with Crippen LogP contribution in [0.2, 0.25) is 0 Å². The predicted octanol–water partition coefficient (Wildman–Crippen LogP) is 3.16. The van der Waals surface area contributed by atoms with Crippen molar-refractivity contribution >= 4 is 22.9 Å². The zero-order valence-corrected chi connectivity index (χ0v) is 15.0. The summed E-state index contributed by atoms with van der Waals surface area (Å²) in [4.78, 5) is 17.3. The average Bonchev–Trinajstić information content (AvgIpc) is 3.04. The first-order valence-electron chi connectivity index (χ1n) is 9.92. The quantitative estimate of drug-likeness (QED) is 0.769. The minimum atomic E-state index is -0.131. The Balaban J connectivity index is 1.42. The molecule has 1 saturated heterocycles. The molecule has 6 nitrogen and oxygen atoms in total. The Hall–Kier alpha value is -1.92. The van der Waals surface area contributed by atoms with Crippen molar-refractivity contribution in [1.29, 1.82) is 0 Å². The molecule has 1 aromatic carbocycles. The Bertz CT molecular complexity index is 778. The largest absolute Gasteiger partial charge is 0.424 e. The highest BCUT2D eigenvalue weighted by Gasteiger charge is 2.52. The number of carbonyl (C=O) groups excluding carboxylic acids is 1. The van der Waals surface area contributed by atoms with E-state index in [4.69, 9.17) is 4.42 Å². The van der Waals surface area contributed by atoms with Crippen LogP contribution in [0.4, 0.5) is 6.01 Å². The lowest BCUT2D eigenvalue weighted by Gasteiger charge is -2.54. The molecule has 0 unspecified atom stereocenters. The first-order valence-corrected chi connectivity index (χ1v) is 9.92. The van der Waals surface area contributed by atoms with Gasteiger partial charge in [-0.15, -0.1) is 0 Å². The van der Waals surface area contributed by atoms with Crippen LogP contribution in [0, 0.1) is 5.92 Å². The van der Waals surface area contributed by atoms with Gasteiger partial charge in [0.05, 0.1) is 5.92 Å². The highest BCUT2D eigenvalue weighted by atomic mass is 16.4. The van der Waals surface area contributed by atoms with Crippen LogP contribution < -0.4 is 16.0 Å². The zero-order valence-electron chi connectivity index (χ0n) is 15.0. The van der Waals surface area contributed by atoms with Gasteiger partial charge in [-0.1, -0.05) is 31.4 Å². The molecule has 1 spiro atoms. The van der Waals surface area contributed by atoms with Crippen molar-refractivity contribution < 1.29 is 9.21 Å². The van der Waals surface area contributed by atoms with E-state index >= 15 is 0 Å². The molecule has 3 N–H and O–H groups in total. The maximum Gasteiger partial charge on any atom is 0.297 e. The van der Waals surface area contributed by atoms with Gasteiger partial charge in [0.2, 0.25) is 0 Å². The third-order valence-electron chi connectivity index (χ3n) is 6.40. The highest BCUT2D eigenvalue weighted by Crippen LogP contribution is 2.42. The summed E-state index contributed by atoms with van der Waals surface area (Å²) in [5, 5.41) is 10.7. The first-order chi connectivity index (χ1) is 12.7.